The van der Waals surface area contributed by atoms with Gasteiger partial charge in [-0.3, -0.25) is 9.59 Å². The molecule has 1 saturated heterocycles. The molecule has 0 bridgehead atoms. The molecule has 1 aliphatic rings. The van der Waals surface area contributed by atoms with E-state index in [1.807, 2.05) is 13.0 Å². The third kappa shape index (κ3) is 4.56. The van der Waals surface area contributed by atoms with Crippen molar-refractivity contribution in [2.24, 2.45) is 5.92 Å². The Labute approximate surface area is 131 Å². The molecule has 1 fully saturated rings. The fraction of sp³-hybridized carbons (Fsp3) is 0.529. The lowest BCUT2D eigenvalue weighted by molar-refractivity contribution is -0.116. The molecule has 1 aromatic carbocycles. The molecule has 1 heterocycles. The van der Waals surface area contributed by atoms with Gasteiger partial charge < -0.3 is 16.0 Å². The fourth-order valence-corrected chi connectivity index (χ4v) is 2.81. The quantitative estimate of drug-likeness (QED) is 0.780. The molecule has 5 heteroatoms. The number of hydrogen-bond donors (Lipinski definition) is 3. The zero-order valence-corrected chi connectivity index (χ0v) is 13.4. The van der Waals surface area contributed by atoms with E-state index in [1.165, 1.54) is 0 Å². The van der Waals surface area contributed by atoms with Crippen LogP contribution in [0.3, 0.4) is 0 Å². The molecule has 5 nitrogen and oxygen atoms in total. The van der Waals surface area contributed by atoms with E-state index in [1.54, 1.807) is 19.2 Å². The maximum Gasteiger partial charge on any atom is 0.253 e. The zero-order valence-electron chi connectivity index (χ0n) is 13.4. The van der Waals surface area contributed by atoms with Crippen molar-refractivity contribution in [2.75, 3.05) is 25.5 Å². The predicted octanol–water partition coefficient (Wildman–Crippen LogP) is 2.07. The topological polar surface area (TPSA) is 70.2 Å². The van der Waals surface area contributed by atoms with Gasteiger partial charge in [-0.05, 0) is 57.3 Å². The van der Waals surface area contributed by atoms with Gasteiger partial charge in [0.05, 0.1) is 11.3 Å². The first kappa shape index (κ1) is 16.5. The number of rotatable bonds is 5. The van der Waals surface area contributed by atoms with Crippen LogP contribution in [0.1, 0.15) is 41.6 Å². The molecule has 0 radical (unpaired) electrons. The fourth-order valence-electron chi connectivity index (χ4n) is 2.81. The second kappa shape index (κ2) is 7.94. The van der Waals surface area contributed by atoms with Crippen molar-refractivity contribution in [3.05, 3.63) is 29.3 Å². The van der Waals surface area contributed by atoms with E-state index >= 15 is 0 Å². The highest BCUT2D eigenvalue weighted by atomic mass is 16.2. The summed E-state index contributed by atoms with van der Waals surface area (Å²) in [6.45, 7) is 4.02. The highest BCUT2D eigenvalue weighted by Gasteiger charge is 2.16. The normalized spacial score (nSPS) is 15.4. The van der Waals surface area contributed by atoms with E-state index < -0.39 is 0 Å². The molecule has 22 heavy (non-hydrogen) atoms. The van der Waals surface area contributed by atoms with E-state index in [4.69, 9.17) is 0 Å². The smallest absolute Gasteiger partial charge is 0.253 e. The predicted molar refractivity (Wildman–Crippen MR) is 88.0 cm³/mol. The number of carbonyl (C=O) groups is 2. The summed E-state index contributed by atoms with van der Waals surface area (Å²) in [4.78, 5) is 24.0. The molecule has 2 amide bonds. The largest absolute Gasteiger partial charge is 0.355 e. The van der Waals surface area contributed by atoms with Gasteiger partial charge >= 0.3 is 0 Å². The van der Waals surface area contributed by atoms with Crippen LogP contribution in [0.2, 0.25) is 0 Å². The third-order valence-electron chi connectivity index (χ3n) is 4.16. The Morgan fingerprint density at radius 1 is 1.27 bits per heavy atom. The number of amides is 2. The molecule has 0 aliphatic carbocycles. The summed E-state index contributed by atoms with van der Waals surface area (Å²) in [5.41, 5.74) is 2.09. The maximum absolute atomic E-state index is 12.1. The van der Waals surface area contributed by atoms with E-state index in [0.29, 0.717) is 23.6 Å². The van der Waals surface area contributed by atoms with Gasteiger partial charge in [-0.2, -0.15) is 0 Å². The summed E-state index contributed by atoms with van der Waals surface area (Å²) in [6, 6.07) is 5.48. The molecule has 0 spiro atoms. The summed E-state index contributed by atoms with van der Waals surface area (Å²) in [5.74, 6) is 0.424. The molecule has 0 atom stereocenters. The van der Waals surface area contributed by atoms with Gasteiger partial charge in [0.25, 0.3) is 5.91 Å². The lowest BCUT2D eigenvalue weighted by Crippen LogP contribution is -2.28. The van der Waals surface area contributed by atoms with Crippen molar-refractivity contribution in [3.8, 4) is 0 Å². The van der Waals surface area contributed by atoms with Crippen LogP contribution in [0.4, 0.5) is 5.69 Å². The molecule has 2 rings (SSSR count). The number of anilines is 1. The first-order chi connectivity index (χ1) is 10.6. The van der Waals surface area contributed by atoms with Gasteiger partial charge in [0, 0.05) is 13.5 Å². The Bertz CT molecular complexity index is 537. The van der Waals surface area contributed by atoms with E-state index in [-0.39, 0.29) is 11.8 Å². The minimum atomic E-state index is -0.183. The van der Waals surface area contributed by atoms with Crippen LogP contribution >= 0.6 is 0 Å². The molecular formula is C17H25N3O2. The Morgan fingerprint density at radius 3 is 2.68 bits per heavy atom. The number of nitrogens with one attached hydrogen (secondary N) is 3. The van der Waals surface area contributed by atoms with Crippen LogP contribution in [-0.4, -0.2) is 32.0 Å². The Morgan fingerprint density at radius 2 is 2.00 bits per heavy atom. The molecule has 120 valence electrons. The van der Waals surface area contributed by atoms with E-state index in [2.05, 4.69) is 16.0 Å². The highest BCUT2D eigenvalue weighted by molar-refractivity contribution is 6.03. The monoisotopic (exact) mass is 303 g/mol. The van der Waals surface area contributed by atoms with E-state index in [0.717, 1.165) is 37.9 Å². The summed E-state index contributed by atoms with van der Waals surface area (Å²) < 4.78 is 0. The van der Waals surface area contributed by atoms with Gasteiger partial charge in [-0.15, -0.1) is 0 Å². The average molecular weight is 303 g/mol. The van der Waals surface area contributed by atoms with Crippen molar-refractivity contribution in [2.45, 2.75) is 32.6 Å². The van der Waals surface area contributed by atoms with Gasteiger partial charge in [0.1, 0.15) is 0 Å². The first-order valence-corrected chi connectivity index (χ1v) is 7.93. The molecule has 0 aromatic heterocycles. The summed E-state index contributed by atoms with van der Waals surface area (Å²) in [7, 11) is 1.59. The van der Waals surface area contributed by atoms with Crippen LogP contribution in [0.5, 0.6) is 0 Å². The van der Waals surface area contributed by atoms with Gasteiger partial charge in [0.15, 0.2) is 0 Å². The van der Waals surface area contributed by atoms with Crippen LogP contribution < -0.4 is 16.0 Å². The average Bonchev–Trinajstić information content (AvgIpc) is 2.55. The van der Waals surface area contributed by atoms with E-state index in [9.17, 15) is 9.59 Å². The summed E-state index contributed by atoms with van der Waals surface area (Å²) >= 11 is 0. The number of piperidine rings is 1. The van der Waals surface area contributed by atoms with Gasteiger partial charge in [-0.1, -0.05) is 11.6 Å². The second-order valence-electron chi connectivity index (χ2n) is 5.91. The SMILES string of the molecule is CNC(=O)c1cc(C)ccc1NC(=O)CCC1CCNCC1. The van der Waals surface area contributed by atoms with Crippen LogP contribution in [0.15, 0.2) is 18.2 Å². The standard InChI is InChI=1S/C17H25N3O2/c1-12-3-5-15(14(11-12)17(22)18-2)20-16(21)6-4-13-7-9-19-10-8-13/h3,5,11,13,19H,4,6-10H2,1-2H3,(H,18,22)(H,20,21). The molecule has 1 aliphatic heterocycles. The summed E-state index contributed by atoms with van der Waals surface area (Å²) in [5, 5.41) is 8.81. The lowest BCUT2D eigenvalue weighted by atomic mass is 9.93. The Balaban J connectivity index is 1.94. The molecular weight excluding hydrogens is 278 g/mol. The highest BCUT2D eigenvalue weighted by Crippen LogP contribution is 2.20. The van der Waals surface area contributed by atoms with Crippen LogP contribution in [-0.2, 0) is 4.79 Å². The maximum atomic E-state index is 12.1. The second-order valence-corrected chi connectivity index (χ2v) is 5.91. The number of hydrogen-bond acceptors (Lipinski definition) is 3. The number of benzene rings is 1. The van der Waals surface area contributed by atoms with Crippen molar-refractivity contribution in [3.63, 3.8) is 0 Å². The van der Waals surface area contributed by atoms with Crippen molar-refractivity contribution >= 4 is 17.5 Å². The molecule has 0 unspecified atom stereocenters. The zero-order chi connectivity index (χ0) is 15.9. The van der Waals surface area contributed by atoms with Crippen LogP contribution in [0, 0.1) is 12.8 Å². The Hall–Kier alpha value is -1.88. The molecule has 1 aromatic rings. The van der Waals surface area contributed by atoms with Crippen molar-refractivity contribution < 1.29 is 9.59 Å². The minimum Gasteiger partial charge on any atom is -0.355 e. The lowest BCUT2D eigenvalue weighted by Gasteiger charge is -2.22. The Kier molecular flexibility index (Phi) is 5.95. The van der Waals surface area contributed by atoms with Gasteiger partial charge in [-0.25, -0.2) is 0 Å². The minimum absolute atomic E-state index is 0.0208. The number of aryl methyl sites for hydroxylation is 1. The summed E-state index contributed by atoms with van der Waals surface area (Å²) in [6.07, 6.45) is 3.70. The third-order valence-corrected chi connectivity index (χ3v) is 4.16. The van der Waals surface area contributed by atoms with Crippen molar-refractivity contribution in [1.82, 2.24) is 10.6 Å². The van der Waals surface area contributed by atoms with Crippen LogP contribution in [0.25, 0.3) is 0 Å². The number of carbonyl (C=O) groups excluding carboxylic acids is 2. The molecule has 3 N–H and O–H groups in total. The van der Waals surface area contributed by atoms with Gasteiger partial charge in [0.2, 0.25) is 5.91 Å². The first-order valence-electron chi connectivity index (χ1n) is 7.93. The molecule has 0 saturated carbocycles. The van der Waals surface area contributed by atoms with Crippen molar-refractivity contribution in [1.29, 1.82) is 0 Å².